The highest BCUT2D eigenvalue weighted by molar-refractivity contribution is 6.30. The first-order valence-electron chi connectivity index (χ1n) is 10.1. The maximum Gasteiger partial charge on any atom is 0.244 e. The molecule has 0 radical (unpaired) electrons. The molecule has 1 atom stereocenters. The van der Waals surface area contributed by atoms with Gasteiger partial charge >= 0.3 is 0 Å². The van der Waals surface area contributed by atoms with Gasteiger partial charge in [-0.15, -0.1) is 0 Å². The Morgan fingerprint density at radius 3 is 2.47 bits per heavy atom. The average molecular weight is 420 g/mol. The Bertz CT molecular complexity index is 1160. The fraction of sp³-hybridized carbons (Fsp3) is 0.292. The van der Waals surface area contributed by atoms with Crippen LogP contribution < -0.4 is 4.90 Å². The van der Waals surface area contributed by atoms with Gasteiger partial charge in [-0.3, -0.25) is 15.1 Å². The number of carbonyl (C=O) groups is 1. The van der Waals surface area contributed by atoms with E-state index in [0.29, 0.717) is 34.4 Å². The van der Waals surface area contributed by atoms with Crippen molar-refractivity contribution >= 4 is 29.0 Å². The topological polar surface area (TPSA) is 70.2 Å². The van der Waals surface area contributed by atoms with Gasteiger partial charge in [-0.1, -0.05) is 53.2 Å². The molecule has 1 aromatic heterocycles. The minimum absolute atomic E-state index is 0.0485. The predicted molar refractivity (Wildman–Crippen MR) is 117 cm³/mol. The summed E-state index contributed by atoms with van der Waals surface area (Å²) in [5.41, 5.74) is 3.51. The van der Waals surface area contributed by atoms with Gasteiger partial charge in [-0.25, -0.2) is 0 Å². The first kappa shape index (κ1) is 19.1. The maximum atomic E-state index is 13.9. The Kier molecular flexibility index (Phi) is 4.33. The van der Waals surface area contributed by atoms with E-state index in [2.05, 4.69) is 11.2 Å². The highest BCUT2D eigenvalue weighted by atomic mass is 35.5. The summed E-state index contributed by atoms with van der Waals surface area (Å²) in [7, 11) is 0. The third-order valence-electron chi connectivity index (χ3n) is 6.33. The van der Waals surface area contributed by atoms with Crippen LogP contribution in [0, 0.1) is 25.2 Å². The van der Waals surface area contributed by atoms with Gasteiger partial charge in [0.15, 0.2) is 5.76 Å². The summed E-state index contributed by atoms with van der Waals surface area (Å²) in [4.78, 5) is 15.4. The van der Waals surface area contributed by atoms with Crippen molar-refractivity contribution in [2.75, 3.05) is 4.90 Å². The second-order valence-electron chi connectivity index (χ2n) is 8.27. The summed E-state index contributed by atoms with van der Waals surface area (Å²) in [6.45, 7) is 3.59. The Hall–Kier alpha value is -2.92. The van der Waals surface area contributed by atoms with Crippen molar-refractivity contribution in [3.63, 3.8) is 0 Å². The molecule has 2 fully saturated rings. The minimum atomic E-state index is -0.720. The summed E-state index contributed by atoms with van der Waals surface area (Å²) in [5.74, 6) is 1.05. The molecular weight excluding hydrogens is 398 g/mol. The van der Waals surface area contributed by atoms with Gasteiger partial charge in [0.25, 0.3) is 0 Å². The zero-order chi connectivity index (χ0) is 21.0. The van der Waals surface area contributed by atoms with Crippen LogP contribution in [-0.2, 0) is 10.2 Å². The van der Waals surface area contributed by atoms with Crippen LogP contribution in [0.2, 0.25) is 5.02 Å². The molecule has 1 aliphatic heterocycles. The molecule has 1 unspecified atom stereocenters. The Morgan fingerprint density at radius 2 is 1.83 bits per heavy atom. The Balaban J connectivity index is 1.62. The van der Waals surface area contributed by atoms with Gasteiger partial charge in [0, 0.05) is 11.4 Å². The minimum Gasteiger partial charge on any atom is -0.359 e. The zero-order valence-corrected chi connectivity index (χ0v) is 17.7. The lowest BCUT2D eigenvalue weighted by atomic mass is 9.73. The number of nitrogens with zero attached hydrogens (tertiary/aromatic N) is 2. The monoisotopic (exact) mass is 419 g/mol. The summed E-state index contributed by atoms with van der Waals surface area (Å²) >= 11 is 6.19. The van der Waals surface area contributed by atoms with Crippen LogP contribution in [0.5, 0.6) is 0 Å². The summed E-state index contributed by atoms with van der Waals surface area (Å²) in [6.07, 6.45) is 2.38. The number of amides is 1. The van der Waals surface area contributed by atoms with Crippen LogP contribution in [0.25, 0.3) is 11.1 Å². The lowest BCUT2D eigenvalue weighted by Gasteiger charge is -2.28. The number of halogens is 1. The molecule has 1 N–H and O–H groups in total. The van der Waals surface area contributed by atoms with E-state index in [-0.39, 0.29) is 11.8 Å². The van der Waals surface area contributed by atoms with E-state index in [1.807, 2.05) is 49.4 Å². The molecule has 1 amide bonds. The maximum absolute atomic E-state index is 13.9. The van der Waals surface area contributed by atoms with Crippen LogP contribution >= 0.6 is 11.6 Å². The van der Waals surface area contributed by atoms with Crippen molar-refractivity contribution in [1.29, 1.82) is 5.41 Å². The first-order chi connectivity index (χ1) is 14.4. The molecule has 1 saturated heterocycles. The number of aromatic nitrogens is 1. The number of carbonyl (C=O) groups excluding carboxylic acids is 1. The fourth-order valence-corrected chi connectivity index (χ4v) is 4.97. The second kappa shape index (κ2) is 6.81. The van der Waals surface area contributed by atoms with E-state index in [4.69, 9.17) is 21.5 Å². The van der Waals surface area contributed by atoms with Gasteiger partial charge in [0.2, 0.25) is 5.91 Å². The molecule has 2 aliphatic rings. The zero-order valence-electron chi connectivity index (χ0n) is 16.9. The Labute approximate surface area is 180 Å². The van der Waals surface area contributed by atoms with Crippen molar-refractivity contribution in [3.05, 3.63) is 70.6 Å². The number of aryl methyl sites for hydroxylation is 2. The van der Waals surface area contributed by atoms with Crippen molar-refractivity contribution < 1.29 is 9.32 Å². The van der Waals surface area contributed by atoms with Crippen molar-refractivity contribution in [2.24, 2.45) is 5.92 Å². The Morgan fingerprint density at radius 1 is 1.13 bits per heavy atom. The molecule has 0 spiro atoms. The molecule has 5 rings (SSSR count). The summed E-state index contributed by atoms with van der Waals surface area (Å²) in [5, 5.41) is 13.4. The van der Waals surface area contributed by atoms with Gasteiger partial charge in [0.1, 0.15) is 17.2 Å². The van der Waals surface area contributed by atoms with Crippen LogP contribution in [0.3, 0.4) is 0 Å². The molecule has 3 aromatic rings. The largest absolute Gasteiger partial charge is 0.359 e. The molecular formula is C24H22ClN3O2. The van der Waals surface area contributed by atoms with E-state index < -0.39 is 5.41 Å². The second-order valence-corrected chi connectivity index (χ2v) is 8.71. The lowest BCUT2D eigenvalue weighted by Crippen LogP contribution is -2.40. The lowest BCUT2D eigenvalue weighted by molar-refractivity contribution is -0.122. The molecule has 1 saturated carbocycles. The number of benzene rings is 2. The molecule has 2 heterocycles. The molecule has 0 bridgehead atoms. The van der Waals surface area contributed by atoms with Gasteiger partial charge < -0.3 is 4.52 Å². The third kappa shape index (κ3) is 2.80. The van der Waals surface area contributed by atoms with Crippen molar-refractivity contribution in [2.45, 2.75) is 38.5 Å². The van der Waals surface area contributed by atoms with Crippen LogP contribution in [0.15, 0.2) is 53.1 Å². The van der Waals surface area contributed by atoms with Gasteiger partial charge in [0.05, 0.1) is 5.41 Å². The van der Waals surface area contributed by atoms with E-state index in [1.54, 1.807) is 6.92 Å². The summed E-state index contributed by atoms with van der Waals surface area (Å²) in [6, 6.07) is 15.9. The van der Waals surface area contributed by atoms with Crippen molar-refractivity contribution in [3.8, 4) is 11.1 Å². The number of rotatable bonds is 4. The number of hydrogen-bond acceptors (Lipinski definition) is 4. The number of hydrogen-bond donors (Lipinski definition) is 1. The first-order valence-corrected chi connectivity index (χ1v) is 10.5. The van der Waals surface area contributed by atoms with Gasteiger partial charge in [-0.2, -0.15) is 0 Å². The van der Waals surface area contributed by atoms with Crippen LogP contribution in [0.1, 0.15) is 36.3 Å². The number of anilines is 1. The quantitative estimate of drug-likeness (QED) is 0.591. The van der Waals surface area contributed by atoms with Gasteiger partial charge in [-0.05, 0) is 61.4 Å². The molecule has 5 nitrogen and oxygen atoms in total. The highest BCUT2D eigenvalue weighted by Crippen LogP contribution is 2.55. The predicted octanol–water partition coefficient (Wildman–Crippen LogP) is 5.67. The average Bonchev–Trinajstić information content (AvgIpc) is 3.49. The van der Waals surface area contributed by atoms with E-state index in [0.717, 1.165) is 29.5 Å². The molecule has 6 heteroatoms. The smallest absolute Gasteiger partial charge is 0.244 e. The SMILES string of the molecule is Cc1noc(C)c1N1C(=N)CC(c2cccc(-c3cccc(Cl)c3)c2)(C2CC2)C1=O. The van der Waals surface area contributed by atoms with Crippen LogP contribution in [-0.4, -0.2) is 16.9 Å². The number of nitrogens with one attached hydrogen (secondary N) is 1. The van der Waals surface area contributed by atoms with E-state index >= 15 is 0 Å². The highest BCUT2D eigenvalue weighted by Gasteiger charge is 2.59. The standard InChI is InChI=1S/C24H22ClN3O2/c1-14-22(15(2)30-27-14)28-21(26)13-24(23(28)29,18-9-10-18)19-7-3-5-16(11-19)17-6-4-8-20(25)12-17/h3-8,11-12,18,26H,9-10,13H2,1-2H3. The third-order valence-corrected chi connectivity index (χ3v) is 6.57. The molecule has 2 aromatic carbocycles. The molecule has 30 heavy (non-hydrogen) atoms. The van der Waals surface area contributed by atoms with Crippen LogP contribution in [0.4, 0.5) is 5.69 Å². The number of amidine groups is 1. The molecule has 1 aliphatic carbocycles. The summed E-state index contributed by atoms with van der Waals surface area (Å²) < 4.78 is 5.29. The van der Waals surface area contributed by atoms with E-state index in [1.165, 1.54) is 4.90 Å². The fourth-order valence-electron chi connectivity index (χ4n) is 4.78. The van der Waals surface area contributed by atoms with Crippen molar-refractivity contribution in [1.82, 2.24) is 5.16 Å². The normalized spacial score (nSPS) is 21.5. The van der Waals surface area contributed by atoms with E-state index in [9.17, 15) is 4.79 Å². The molecule has 152 valence electrons.